The van der Waals surface area contributed by atoms with Gasteiger partial charge in [-0.25, -0.2) is 0 Å². The summed E-state index contributed by atoms with van der Waals surface area (Å²) >= 11 is 6.31. The second kappa shape index (κ2) is 8.56. The van der Waals surface area contributed by atoms with E-state index in [1.807, 2.05) is 4.90 Å². The molecule has 0 aromatic carbocycles. The van der Waals surface area contributed by atoms with Crippen molar-refractivity contribution in [3.8, 4) is 6.01 Å². The Morgan fingerprint density at radius 3 is 2.77 bits per heavy atom. The number of carbonyl (C=O) groups excluding carboxylic acids is 2. The van der Waals surface area contributed by atoms with Crippen molar-refractivity contribution in [3.63, 3.8) is 0 Å². The molecule has 12 heteroatoms. The molecule has 10 nitrogen and oxygen atoms in total. The van der Waals surface area contributed by atoms with E-state index in [1.54, 1.807) is 0 Å². The molecule has 2 amide bonds. The zero-order chi connectivity index (χ0) is 18.5. The molecule has 0 spiro atoms. The number of anilines is 1. The predicted molar refractivity (Wildman–Crippen MR) is 98.0 cm³/mol. The summed E-state index contributed by atoms with van der Waals surface area (Å²) in [6, 6.07) is 0.179. The first-order valence-corrected chi connectivity index (χ1v) is 9.31. The minimum Gasteiger partial charge on any atom is -0.467 e. The number of thiocarbonyl (C=S) groups is 1. The molecule has 0 unspecified atom stereocenters. The molecule has 0 saturated carbocycles. The maximum Gasteiger partial charge on any atom is 0.321 e. The molecule has 0 atom stereocenters. The Morgan fingerprint density at radius 1 is 1.35 bits per heavy atom. The molecule has 1 aromatic heterocycles. The summed E-state index contributed by atoms with van der Waals surface area (Å²) < 4.78 is 10.9. The highest BCUT2D eigenvalue weighted by atomic mass is 32.2. The predicted octanol–water partition coefficient (Wildman–Crippen LogP) is -0.807. The van der Waals surface area contributed by atoms with E-state index in [1.165, 1.54) is 23.8 Å². The zero-order valence-electron chi connectivity index (χ0n) is 14.1. The third-order valence-corrected chi connectivity index (χ3v) is 5.14. The normalized spacial score (nSPS) is 17.6. The Balaban J connectivity index is 1.62. The van der Waals surface area contributed by atoms with Gasteiger partial charge in [-0.3, -0.25) is 14.5 Å². The second-order valence-electron chi connectivity index (χ2n) is 5.45. The van der Waals surface area contributed by atoms with Gasteiger partial charge in [0.1, 0.15) is 10.9 Å². The smallest absolute Gasteiger partial charge is 0.321 e. The first kappa shape index (κ1) is 18.7. The summed E-state index contributed by atoms with van der Waals surface area (Å²) in [5.41, 5.74) is 0. The van der Waals surface area contributed by atoms with Crippen molar-refractivity contribution in [3.05, 3.63) is 5.82 Å². The number of nitrogens with zero attached hydrogens (tertiary/aromatic N) is 5. The Kier molecular flexibility index (Phi) is 6.16. The van der Waals surface area contributed by atoms with Crippen LogP contribution in [0.5, 0.6) is 6.01 Å². The van der Waals surface area contributed by atoms with Crippen molar-refractivity contribution < 1.29 is 19.1 Å². The molecule has 0 radical (unpaired) electrons. The molecule has 2 fully saturated rings. The fourth-order valence-corrected chi connectivity index (χ4v) is 3.44. The van der Waals surface area contributed by atoms with E-state index in [4.69, 9.17) is 21.7 Å². The molecule has 1 N–H and O–H groups in total. The summed E-state index contributed by atoms with van der Waals surface area (Å²) in [6.07, 6.45) is 0. The first-order chi connectivity index (χ1) is 12.6. The number of nitrogens with one attached hydrogen (secondary N) is 1. The topological polar surface area (TPSA) is 110 Å². The highest BCUT2D eigenvalue weighted by molar-refractivity contribution is 8.23. The molecule has 3 heterocycles. The summed E-state index contributed by atoms with van der Waals surface area (Å²) in [4.78, 5) is 39.8. The third kappa shape index (κ3) is 4.56. The number of carbonyl (C=O) groups is 2. The number of aromatic nitrogens is 3. The average molecular weight is 398 g/mol. The van der Waals surface area contributed by atoms with Crippen LogP contribution in [0.15, 0.2) is 0 Å². The van der Waals surface area contributed by atoms with E-state index in [0.29, 0.717) is 42.4 Å². The second-order valence-corrected chi connectivity index (χ2v) is 7.06. The number of hydrogen-bond donors (Lipinski definition) is 1. The summed E-state index contributed by atoms with van der Waals surface area (Å²) in [5.74, 6) is 0.634. The summed E-state index contributed by atoms with van der Waals surface area (Å²) in [6.45, 7) is 2.53. The average Bonchev–Trinajstić information content (AvgIpc) is 2.98. The number of ether oxygens (including phenoxy) is 2. The standard InChI is InChI=1S/C14H18N6O4S2/c1-23-13-17-9(16-12(18-13)19-2-4-24-5-3-19)6-15-10(21)7-20-11(22)8-26-14(20)25/h2-8H2,1H3,(H,15,21). The number of thioether (sulfide) groups is 1. The quantitative estimate of drug-likeness (QED) is 0.611. The Bertz CT molecular complexity index is 697. The van der Waals surface area contributed by atoms with Gasteiger partial charge in [-0.15, -0.1) is 0 Å². The van der Waals surface area contributed by atoms with Gasteiger partial charge >= 0.3 is 6.01 Å². The SMILES string of the molecule is COc1nc(CNC(=O)CN2C(=O)CSC2=S)nc(N2CCOCC2)n1. The van der Waals surface area contributed by atoms with Crippen molar-refractivity contribution >= 4 is 46.1 Å². The lowest BCUT2D eigenvalue weighted by atomic mass is 10.4. The van der Waals surface area contributed by atoms with Crippen LogP contribution in [0.25, 0.3) is 0 Å². The summed E-state index contributed by atoms with van der Waals surface area (Å²) in [7, 11) is 1.47. The van der Waals surface area contributed by atoms with Crippen molar-refractivity contribution in [1.29, 1.82) is 0 Å². The maximum absolute atomic E-state index is 12.1. The van der Waals surface area contributed by atoms with Crippen molar-refractivity contribution in [1.82, 2.24) is 25.2 Å². The van der Waals surface area contributed by atoms with Gasteiger partial charge < -0.3 is 19.7 Å². The minimum absolute atomic E-state index is 0.0942. The van der Waals surface area contributed by atoms with Gasteiger partial charge in [0.15, 0.2) is 5.82 Å². The van der Waals surface area contributed by atoms with E-state index >= 15 is 0 Å². The van der Waals surface area contributed by atoms with Crippen LogP contribution in [0, 0.1) is 0 Å². The van der Waals surface area contributed by atoms with Crippen LogP contribution in [0.1, 0.15) is 5.82 Å². The zero-order valence-corrected chi connectivity index (χ0v) is 15.8. The Morgan fingerprint density at radius 2 is 2.12 bits per heavy atom. The lowest BCUT2D eigenvalue weighted by Crippen LogP contribution is -2.40. The highest BCUT2D eigenvalue weighted by Gasteiger charge is 2.28. The van der Waals surface area contributed by atoms with Crippen LogP contribution >= 0.6 is 24.0 Å². The Labute approximate surface area is 159 Å². The first-order valence-electron chi connectivity index (χ1n) is 7.92. The van der Waals surface area contributed by atoms with Crippen molar-refractivity contribution in [2.24, 2.45) is 0 Å². The summed E-state index contributed by atoms with van der Waals surface area (Å²) in [5, 5.41) is 2.70. The van der Waals surface area contributed by atoms with Crippen molar-refractivity contribution in [2.75, 3.05) is 50.6 Å². The molecule has 26 heavy (non-hydrogen) atoms. The molecular formula is C14H18N6O4S2. The Hall–Kier alpha value is -2.05. The highest BCUT2D eigenvalue weighted by Crippen LogP contribution is 2.18. The molecule has 1 aromatic rings. The van der Waals surface area contributed by atoms with Crippen LogP contribution in [0.3, 0.4) is 0 Å². The van der Waals surface area contributed by atoms with Gasteiger partial charge in [0.25, 0.3) is 0 Å². The molecule has 2 aliphatic rings. The van der Waals surface area contributed by atoms with E-state index in [2.05, 4.69) is 20.3 Å². The van der Waals surface area contributed by atoms with Gasteiger partial charge in [0, 0.05) is 13.1 Å². The fourth-order valence-electron chi connectivity index (χ4n) is 2.37. The molecule has 2 saturated heterocycles. The van der Waals surface area contributed by atoms with E-state index in [-0.39, 0.29) is 36.7 Å². The lowest BCUT2D eigenvalue weighted by molar-refractivity contribution is -0.129. The molecule has 140 valence electrons. The fraction of sp³-hybridized carbons (Fsp3) is 0.571. The molecule has 2 aliphatic heterocycles. The largest absolute Gasteiger partial charge is 0.467 e. The van der Waals surface area contributed by atoms with E-state index in [0.717, 1.165) is 0 Å². The minimum atomic E-state index is -0.337. The van der Waals surface area contributed by atoms with Gasteiger partial charge in [-0.1, -0.05) is 24.0 Å². The van der Waals surface area contributed by atoms with E-state index in [9.17, 15) is 9.59 Å². The monoisotopic (exact) mass is 398 g/mol. The van der Waals surface area contributed by atoms with Gasteiger partial charge in [0.05, 0.1) is 32.6 Å². The van der Waals surface area contributed by atoms with Gasteiger partial charge in [0.2, 0.25) is 17.8 Å². The molecule has 3 rings (SSSR count). The number of methoxy groups -OCH3 is 1. The number of hydrogen-bond acceptors (Lipinski definition) is 10. The van der Waals surface area contributed by atoms with Crippen molar-refractivity contribution in [2.45, 2.75) is 6.54 Å². The maximum atomic E-state index is 12.1. The number of morpholine rings is 1. The van der Waals surface area contributed by atoms with Crippen LogP contribution in [0.4, 0.5) is 5.95 Å². The molecule has 0 bridgehead atoms. The van der Waals surface area contributed by atoms with Crippen LogP contribution in [-0.2, 0) is 20.9 Å². The molecular weight excluding hydrogens is 380 g/mol. The van der Waals surface area contributed by atoms with Crippen LogP contribution in [0.2, 0.25) is 0 Å². The van der Waals surface area contributed by atoms with E-state index < -0.39 is 0 Å². The van der Waals surface area contributed by atoms with Gasteiger partial charge in [-0.05, 0) is 0 Å². The lowest BCUT2D eigenvalue weighted by Gasteiger charge is -2.26. The van der Waals surface area contributed by atoms with Gasteiger partial charge in [-0.2, -0.15) is 15.0 Å². The third-order valence-electron chi connectivity index (χ3n) is 3.71. The van der Waals surface area contributed by atoms with Crippen LogP contribution in [-0.4, -0.2) is 81.7 Å². The number of amides is 2. The molecule has 0 aliphatic carbocycles. The van der Waals surface area contributed by atoms with Crippen LogP contribution < -0.4 is 15.0 Å². The number of rotatable bonds is 6.